The van der Waals surface area contributed by atoms with Gasteiger partial charge in [-0.25, -0.2) is 0 Å². The number of hydrogen-bond acceptors (Lipinski definition) is 4. The molecule has 6 heteroatoms. The summed E-state index contributed by atoms with van der Waals surface area (Å²) >= 11 is 1.65. The molecule has 1 heterocycles. The second kappa shape index (κ2) is 6.26. The first-order chi connectivity index (χ1) is 7.99. The molecule has 3 atom stereocenters. The monoisotopic (exact) mass is 260 g/mol. The Morgan fingerprint density at radius 2 is 2.24 bits per heavy atom. The first-order valence-electron chi connectivity index (χ1n) is 5.76. The largest absolute Gasteiger partial charge is 0.481 e. The Labute approximate surface area is 106 Å². The van der Waals surface area contributed by atoms with Crippen LogP contribution >= 0.6 is 11.8 Å². The van der Waals surface area contributed by atoms with Crippen molar-refractivity contribution in [3.63, 3.8) is 0 Å². The highest BCUT2D eigenvalue weighted by Crippen LogP contribution is 2.25. The van der Waals surface area contributed by atoms with Crippen LogP contribution in [0.5, 0.6) is 0 Å². The van der Waals surface area contributed by atoms with E-state index in [2.05, 4.69) is 0 Å². The fourth-order valence-corrected chi connectivity index (χ4v) is 2.65. The lowest BCUT2D eigenvalue weighted by Crippen LogP contribution is -2.46. The molecule has 1 aliphatic heterocycles. The van der Waals surface area contributed by atoms with Crippen molar-refractivity contribution in [2.75, 3.05) is 18.6 Å². The zero-order valence-electron chi connectivity index (χ0n) is 10.3. The van der Waals surface area contributed by atoms with Gasteiger partial charge in [0.2, 0.25) is 5.91 Å². The smallest absolute Gasteiger partial charge is 0.308 e. The van der Waals surface area contributed by atoms with Gasteiger partial charge in [0.15, 0.2) is 0 Å². The van der Waals surface area contributed by atoms with Crippen molar-refractivity contribution in [2.45, 2.75) is 31.8 Å². The quantitative estimate of drug-likeness (QED) is 0.747. The van der Waals surface area contributed by atoms with Crippen molar-refractivity contribution in [1.29, 1.82) is 0 Å². The molecule has 0 aromatic carbocycles. The van der Waals surface area contributed by atoms with E-state index < -0.39 is 17.9 Å². The van der Waals surface area contributed by atoms with Crippen molar-refractivity contribution in [1.82, 2.24) is 4.90 Å². The summed E-state index contributed by atoms with van der Waals surface area (Å²) in [5.74, 6) is -0.551. The molecule has 1 fully saturated rings. The van der Waals surface area contributed by atoms with Crippen LogP contribution in [0.4, 0.5) is 0 Å². The average Bonchev–Trinajstić information content (AvgIpc) is 2.67. The summed E-state index contributed by atoms with van der Waals surface area (Å²) in [7, 11) is 0. The average molecular weight is 260 g/mol. The maximum absolute atomic E-state index is 12.0. The molecule has 0 spiro atoms. The third-order valence-electron chi connectivity index (χ3n) is 3.31. The minimum atomic E-state index is -0.828. The van der Waals surface area contributed by atoms with Crippen LogP contribution in [0.25, 0.3) is 0 Å². The number of carbonyl (C=O) groups is 2. The topological polar surface area (TPSA) is 83.6 Å². The number of rotatable bonds is 5. The number of aliphatic carboxylic acids is 1. The Balaban J connectivity index is 2.56. The molecule has 2 unspecified atom stereocenters. The maximum atomic E-state index is 12.0. The van der Waals surface area contributed by atoms with E-state index in [4.69, 9.17) is 10.8 Å². The molecule has 0 saturated carbocycles. The fraction of sp³-hybridized carbons (Fsp3) is 0.818. The molecule has 0 bridgehead atoms. The lowest BCUT2D eigenvalue weighted by molar-refractivity contribution is -0.143. The first-order valence-corrected chi connectivity index (χ1v) is 7.16. The van der Waals surface area contributed by atoms with Crippen LogP contribution in [0.2, 0.25) is 0 Å². The van der Waals surface area contributed by atoms with Crippen LogP contribution < -0.4 is 5.73 Å². The predicted molar refractivity (Wildman–Crippen MR) is 67.9 cm³/mol. The van der Waals surface area contributed by atoms with Crippen molar-refractivity contribution in [2.24, 2.45) is 11.7 Å². The van der Waals surface area contributed by atoms with Gasteiger partial charge in [-0.2, -0.15) is 11.8 Å². The number of amides is 1. The highest BCUT2D eigenvalue weighted by atomic mass is 32.2. The Morgan fingerprint density at radius 1 is 1.59 bits per heavy atom. The lowest BCUT2D eigenvalue weighted by atomic mass is 10.0. The molecule has 0 aromatic rings. The summed E-state index contributed by atoms with van der Waals surface area (Å²) in [6, 6.07) is -0.752. The van der Waals surface area contributed by atoms with E-state index in [-0.39, 0.29) is 11.9 Å². The van der Waals surface area contributed by atoms with Crippen LogP contribution in [0.1, 0.15) is 19.8 Å². The third kappa shape index (κ3) is 3.35. The standard InChI is InChI=1S/C11H20N2O3S/c1-7-8(11(15)16)3-5-13(7)10(14)9(12)4-6-17-2/h7-9H,3-6,12H2,1-2H3,(H,15,16)/t7?,8?,9-/m0/s1. The van der Waals surface area contributed by atoms with Crippen LogP contribution in [-0.4, -0.2) is 52.5 Å². The zero-order valence-corrected chi connectivity index (χ0v) is 11.1. The van der Waals surface area contributed by atoms with E-state index in [0.29, 0.717) is 19.4 Å². The molecular weight excluding hydrogens is 240 g/mol. The summed E-state index contributed by atoms with van der Waals surface area (Å²) in [6.45, 7) is 2.29. The van der Waals surface area contributed by atoms with E-state index in [0.717, 1.165) is 5.75 Å². The second-order valence-corrected chi connectivity index (χ2v) is 5.38. The maximum Gasteiger partial charge on any atom is 0.308 e. The van der Waals surface area contributed by atoms with E-state index in [1.165, 1.54) is 0 Å². The molecule has 1 rings (SSSR count). The molecule has 1 saturated heterocycles. The van der Waals surface area contributed by atoms with Gasteiger partial charge in [-0.15, -0.1) is 0 Å². The molecule has 3 N–H and O–H groups in total. The molecule has 17 heavy (non-hydrogen) atoms. The number of carbonyl (C=O) groups excluding carboxylic acids is 1. The fourth-order valence-electron chi connectivity index (χ4n) is 2.16. The van der Waals surface area contributed by atoms with Gasteiger partial charge in [0.1, 0.15) is 0 Å². The van der Waals surface area contributed by atoms with Crippen LogP contribution in [-0.2, 0) is 9.59 Å². The van der Waals surface area contributed by atoms with Crippen LogP contribution in [0, 0.1) is 5.92 Å². The Kier molecular flexibility index (Phi) is 5.27. The SMILES string of the molecule is CSCC[C@H](N)C(=O)N1CCC(C(=O)O)C1C. The van der Waals surface area contributed by atoms with E-state index in [1.807, 2.05) is 6.26 Å². The van der Waals surface area contributed by atoms with E-state index in [1.54, 1.807) is 23.6 Å². The van der Waals surface area contributed by atoms with Crippen molar-refractivity contribution in [3.8, 4) is 0 Å². The normalized spacial score (nSPS) is 25.9. The number of carboxylic acid groups (broad SMARTS) is 1. The van der Waals surface area contributed by atoms with Gasteiger partial charge < -0.3 is 15.7 Å². The summed E-state index contributed by atoms with van der Waals surface area (Å²) in [6.07, 6.45) is 3.13. The van der Waals surface area contributed by atoms with E-state index >= 15 is 0 Å². The van der Waals surface area contributed by atoms with Crippen LogP contribution in [0.15, 0.2) is 0 Å². The third-order valence-corrected chi connectivity index (χ3v) is 3.95. The highest BCUT2D eigenvalue weighted by Gasteiger charge is 2.39. The molecule has 5 nitrogen and oxygen atoms in total. The van der Waals surface area contributed by atoms with Gasteiger partial charge in [0.25, 0.3) is 0 Å². The molecule has 0 aromatic heterocycles. The van der Waals surface area contributed by atoms with Crippen molar-refractivity contribution >= 4 is 23.6 Å². The minimum absolute atomic E-state index is 0.115. The zero-order chi connectivity index (χ0) is 13.0. The summed E-state index contributed by atoms with van der Waals surface area (Å²) in [5.41, 5.74) is 5.81. The molecule has 0 radical (unpaired) electrons. The Bertz CT molecular complexity index is 298. The van der Waals surface area contributed by atoms with E-state index in [9.17, 15) is 9.59 Å². The number of likely N-dealkylation sites (tertiary alicyclic amines) is 1. The summed E-state index contributed by atoms with van der Waals surface area (Å²) in [5, 5.41) is 8.99. The van der Waals surface area contributed by atoms with Gasteiger partial charge in [-0.3, -0.25) is 9.59 Å². The molecule has 1 aliphatic rings. The van der Waals surface area contributed by atoms with Gasteiger partial charge in [0, 0.05) is 12.6 Å². The molecular formula is C11H20N2O3S. The van der Waals surface area contributed by atoms with Gasteiger partial charge in [-0.05, 0) is 31.8 Å². The second-order valence-electron chi connectivity index (χ2n) is 4.39. The molecule has 0 aliphatic carbocycles. The number of nitrogens with two attached hydrogens (primary N) is 1. The molecule has 98 valence electrons. The summed E-state index contributed by atoms with van der Waals surface area (Å²) in [4.78, 5) is 24.6. The van der Waals surface area contributed by atoms with Gasteiger partial charge in [0.05, 0.1) is 12.0 Å². The van der Waals surface area contributed by atoms with Crippen molar-refractivity contribution < 1.29 is 14.7 Å². The Morgan fingerprint density at radius 3 is 2.71 bits per heavy atom. The van der Waals surface area contributed by atoms with Crippen LogP contribution in [0.3, 0.4) is 0 Å². The predicted octanol–water partition coefficient (Wildman–Crippen LogP) is 0.388. The number of hydrogen-bond donors (Lipinski definition) is 2. The van der Waals surface area contributed by atoms with Gasteiger partial charge in [-0.1, -0.05) is 0 Å². The van der Waals surface area contributed by atoms with Gasteiger partial charge >= 0.3 is 5.97 Å². The first kappa shape index (κ1) is 14.3. The number of nitrogens with zero attached hydrogens (tertiary/aromatic N) is 1. The lowest BCUT2D eigenvalue weighted by Gasteiger charge is -2.26. The highest BCUT2D eigenvalue weighted by molar-refractivity contribution is 7.98. The number of thioether (sulfide) groups is 1. The van der Waals surface area contributed by atoms with Crippen molar-refractivity contribution in [3.05, 3.63) is 0 Å². The molecule has 1 amide bonds. The summed E-state index contributed by atoms with van der Waals surface area (Å²) < 4.78 is 0. The number of carboxylic acids is 1. The Hall–Kier alpha value is -0.750. The minimum Gasteiger partial charge on any atom is -0.481 e.